The minimum absolute atomic E-state index is 0.0124. The lowest BCUT2D eigenvalue weighted by atomic mass is 10.1. The van der Waals surface area contributed by atoms with E-state index in [9.17, 15) is 14.0 Å². The zero-order valence-electron chi connectivity index (χ0n) is 14.8. The molecule has 0 atom stereocenters. The van der Waals surface area contributed by atoms with Crippen LogP contribution in [0.4, 0.5) is 16.0 Å². The first-order chi connectivity index (χ1) is 12.9. The van der Waals surface area contributed by atoms with Crippen LogP contribution in [0.5, 0.6) is 0 Å². The average molecular weight is 395 g/mol. The standard InChI is InChI=1S/C18H20ClFN4O3/c1-11-13(17(26)23-18(21-11)24-6-8-27-9-7-24)3-5-16(25)22-12-2-4-14(19)15(20)10-12/h2,4,10H,3,5-9H2,1H3,(H,22,25)(H,21,23,26). The number of benzene rings is 1. The molecular weight excluding hydrogens is 375 g/mol. The summed E-state index contributed by atoms with van der Waals surface area (Å²) in [4.78, 5) is 33.7. The number of H-pyrrole nitrogens is 1. The topological polar surface area (TPSA) is 87.3 Å². The van der Waals surface area contributed by atoms with E-state index in [1.807, 2.05) is 4.90 Å². The number of aromatic nitrogens is 2. The molecule has 0 aliphatic carbocycles. The zero-order chi connectivity index (χ0) is 19.4. The van der Waals surface area contributed by atoms with Gasteiger partial charge in [-0.05, 0) is 31.5 Å². The largest absolute Gasteiger partial charge is 0.378 e. The molecule has 9 heteroatoms. The number of nitrogens with one attached hydrogen (secondary N) is 2. The molecule has 0 unspecified atom stereocenters. The molecule has 2 aromatic rings. The highest BCUT2D eigenvalue weighted by Gasteiger charge is 2.17. The Morgan fingerprint density at radius 3 is 2.81 bits per heavy atom. The maximum Gasteiger partial charge on any atom is 0.255 e. The lowest BCUT2D eigenvalue weighted by Crippen LogP contribution is -2.38. The lowest BCUT2D eigenvalue weighted by molar-refractivity contribution is -0.116. The molecule has 0 saturated carbocycles. The Hall–Kier alpha value is -2.45. The molecule has 2 heterocycles. The Kier molecular flexibility index (Phi) is 6.08. The second-order valence-corrected chi connectivity index (χ2v) is 6.64. The van der Waals surface area contributed by atoms with Crippen LogP contribution in [0.3, 0.4) is 0 Å². The Balaban J connectivity index is 1.64. The maximum atomic E-state index is 13.4. The highest BCUT2D eigenvalue weighted by Crippen LogP contribution is 2.19. The van der Waals surface area contributed by atoms with E-state index in [0.29, 0.717) is 49.2 Å². The molecule has 7 nitrogen and oxygen atoms in total. The van der Waals surface area contributed by atoms with E-state index in [2.05, 4.69) is 15.3 Å². The van der Waals surface area contributed by atoms with Gasteiger partial charge < -0.3 is 15.0 Å². The Labute approximate surface area is 160 Å². The van der Waals surface area contributed by atoms with Gasteiger partial charge in [0, 0.05) is 36.5 Å². The molecule has 1 aliphatic rings. The first-order valence-corrected chi connectivity index (χ1v) is 8.99. The van der Waals surface area contributed by atoms with Crippen LogP contribution in [-0.4, -0.2) is 42.2 Å². The number of aryl methyl sites for hydroxylation is 1. The molecule has 0 bridgehead atoms. The van der Waals surface area contributed by atoms with Crippen molar-refractivity contribution in [3.63, 3.8) is 0 Å². The molecule has 1 aromatic heterocycles. The summed E-state index contributed by atoms with van der Waals surface area (Å²) in [6.07, 6.45) is 0.312. The number of carbonyl (C=O) groups is 1. The van der Waals surface area contributed by atoms with E-state index >= 15 is 0 Å². The molecule has 1 amide bonds. The van der Waals surface area contributed by atoms with Gasteiger partial charge >= 0.3 is 0 Å². The summed E-state index contributed by atoms with van der Waals surface area (Å²) >= 11 is 5.62. The fourth-order valence-corrected chi connectivity index (χ4v) is 2.97. The van der Waals surface area contributed by atoms with Crippen LogP contribution in [0, 0.1) is 12.7 Å². The van der Waals surface area contributed by atoms with Gasteiger partial charge in [-0.2, -0.15) is 0 Å². The third-order valence-corrected chi connectivity index (χ3v) is 4.63. The van der Waals surface area contributed by atoms with Crippen LogP contribution in [0.15, 0.2) is 23.0 Å². The molecule has 144 valence electrons. The molecule has 2 N–H and O–H groups in total. The van der Waals surface area contributed by atoms with E-state index in [1.54, 1.807) is 6.92 Å². The Morgan fingerprint density at radius 2 is 2.15 bits per heavy atom. The predicted octanol–water partition coefficient (Wildman–Crippen LogP) is 2.28. The number of ether oxygens (including phenoxy) is 1. The number of morpholine rings is 1. The van der Waals surface area contributed by atoms with Crippen LogP contribution in [0.25, 0.3) is 0 Å². The van der Waals surface area contributed by atoms with Crippen molar-refractivity contribution in [3.05, 3.63) is 50.7 Å². The van der Waals surface area contributed by atoms with Crippen molar-refractivity contribution < 1.29 is 13.9 Å². The normalized spacial score (nSPS) is 14.3. The lowest BCUT2D eigenvalue weighted by Gasteiger charge is -2.27. The van der Waals surface area contributed by atoms with Crippen molar-refractivity contribution in [1.29, 1.82) is 0 Å². The zero-order valence-corrected chi connectivity index (χ0v) is 15.6. The molecule has 3 rings (SSSR count). The van der Waals surface area contributed by atoms with Gasteiger partial charge in [-0.1, -0.05) is 11.6 Å². The summed E-state index contributed by atoms with van der Waals surface area (Å²) in [5.41, 5.74) is 1.11. The van der Waals surface area contributed by atoms with Gasteiger partial charge in [-0.25, -0.2) is 9.37 Å². The van der Waals surface area contributed by atoms with Crippen molar-refractivity contribution in [2.24, 2.45) is 0 Å². The first kappa shape index (κ1) is 19.3. The van der Waals surface area contributed by atoms with Gasteiger partial charge in [0.1, 0.15) is 5.82 Å². The van der Waals surface area contributed by atoms with E-state index in [4.69, 9.17) is 16.3 Å². The monoisotopic (exact) mass is 394 g/mol. The van der Waals surface area contributed by atoms with Crippen molar-refractivity contribution in [3.8, 4) is 0 Å². The van der Waals surface area contributed by atoms with Gasteiger partial charge in [-0.15, -0.1) is 0 Å². The fourth-order valence-electron chi connectivity index (χ4n) is 2.85. The average Bonchev–Trinajstić information content (AvgIpc) is 2.64. The molecule has 27 heavy (non-hydrogen) atoms. The summed E-state index contributed by atoms with van der Waals surface area (Å²) < 4.78 is 18.7. The highest BCUT2D eigenvalue weighted by molar-refractivity contribution is 6.30. The summed E-state index contributed by atoms with van der Waals surface area (Å²) in [6, 6.07) is 4.03. The smallest absolute Gasteiger partial charge is 0.255 e. The SMILES string of the molecule is Cc1nc(N2CCOCC2)[nH]c(=O)c1CCC(=O)Nc1ccc(Cl)c(F)c1. The molecule has 1 aromatic carbocycles. The summed E-state index contributed by atoms with van der Waals surface area (Å²) in [6.45, 7) is 4.27. The van der Waals surface area contributed by atoms with Crippen molar-refractivity contribution in [2.45, 2.75) is 19.8 Å². The summed E-state index contributed by atoms with van der Waals surface area (Å²) in [7, 11) is 0. The minimum Gasteiger partial charge on any atom is -0.378 e. The van der Waals surface area contributed by atoms with Crippen LogP contribution in [-0.2, 0) is 16.0 Å². The van der Waals surface area contributed by atoms with E-state index < -0.39 is 5.82 Å². The van der Waals surface area contributed by atoms with Gasteiger partial charge in [0.2, 0.25) is 11.9 Å². The summed E-state index contributed by atoms with van der Waals surface area (Å²) in [5, 5.41) is 2.58. The number of hydrogen-bond donors (Lipinski definition) is 2. The van der Waals surface area contributed by atoms with Crippen molar-refractivity contribution in [2.75, 3.05) is 36.5 Å². The van der Waals surface area contributed by atoms with Gasteiger partial charge in [0.15, 0.2) is 0 Å². The molecule has 1 aliphatic heterocycles. The number of carbonyl (C=O) groups excluding carboxylic acids is 1. The van der Waals surface area contributed by atoms with Crippen LogP contribution >= 0.6 is 11.6 Å². The van der Waals surface area contributed by atoms with E-state index in [0.717, 1.165) is 6.07 Å². The number of aromatic amines is 1. The quantitative estimate of drug-likeness (QED) is 0.812. The molecule has 0 spiro atoms. The number of amides is 1. The van der Waals surface area contributed by atoms with Gasteiger partial charge in [0.25, 0.3) is 5.56 Å². The maximum absolute atomic E-state index is 13.4. The van der Waals surface area contributed by atoms with E-state index in [-0.39, 0.29) is 29.3 Å². The van der Waals surface area contributed by atoms with E-state index in [1.165, 1.54) is 12.1 Å². The summed E-state index contributed by atoms with van der Waals surface area (Å²) in [5.74, 6) is -0.414. The van der Waals surface area contributed by atoms with Gasteiger partial charge in [0.05, 0.1) is 18.2 Å². The second kappa shape index (κ2) is 8.49. The number of halogens is 2. The van der Waals surface area contributed by atoms with Gasteiger partial charge in [-0.3, -0.25) is 14.6 Å². The Bertz CT molecular complexity index is 897. The fraction of sp³-hybridized carbons (Fsp3) is 0.389. The molecule has 1 fully saturated rings. The number of rotatable bonds is 5. The minimum atomic E-state index is -0.607. The van der Waals surface area contributed by atoms with Crippen molar-refractivity contribution >= 4 is 29.1 Å². The number of hydrogen-bond acceptors (Lipinski definition) is 5. The molecule has 0 radical (unpaired) electrons. The van der Waals surface area contributed by atoms with Crippen LogP contribution < -0.4 is 15.8 Å². The second-order valence-electron chi connectivity index (χ2n) is 6.23. The third kappa shape index (κ3) is 4.84. The third-order valence-electron chi connectivity index (χ3n) is 4.33. The number of anilines is 2. The molecule has 1 saturated heterocycles. The Morgan fingerprint density at radius 1 is 1.41 bits per heavy atom. The predicted molar refractivity (Wildman–Crippen MR) is 101 cm³/mol. The van der Waals surface area contributed by atoms with Crippen LogP contribution in [0.1, 0.15) is 17.7 Å². The van der Waals surface area contributed by atoms with Crippen molar-refractivity contribution in [1.82, 2.24) is 9.97 Å². The number of nitrogens with zero attached hydrogens (tertiary/aromatic N) is 2. The first-order valence-electron chi connectivity index (χ1n) is 8.61. The molecular formula is C18H20ClFN4O3. The van der Waals surface area contributed by atoms with Crippen LogP contribution in [0.2, 0.25) is 5.02 Å². The highest BCUT2D eigenvalue weighted by atomic mass is 35.5.